The number of aryl methyl sites for hydroxylation is 1. The summed E-state index contributed by atoms with van der Waals surface area (Å²) in [6.45, 7) is 1.99. The highest BCUT2D eigenvalue weighted by atomic mass is 16.2. The van der Waals surface area contributed by atoms with Gasteiger partial charge in [0, 0.05) is 18.5 Å². The van der Waals surface area contributed by atoms with Gasteiger partial charge in [-0.2, -0.15) is 5.10 Å². The highest BCUT2D eigenvalue weighted by Gasteiger charge is 2.25. The fourth-order valence-corrected chi connectivity index (χ4v) is 2.33. The van der Waals surface area contributed by atoms with Crippen molar-refractivity contribution in [2.75, 3.05) is 10.3 Å². The van der Waals surface area contributed by atoms with Gasteiger partial charge in [-0.05, 0) is 31.2 Å². The van der Waals surface area contributed by atoms with E-state index in [1.807, 2.05) is 49.4 Å². The van der Waals surface area contributed by atoms with Crippen LogP contribution in [0.3, 0.4) is 0 Å². The van der Waals surface area contributed by atoms with Gasteiger partial charge in [-0.25, -0.2) is 5.01 Å². The molecule has 0 unspecified atom stereocenters. The molecular formula is C18H17N3O2. The maximum atomic E-state index is 12.4. The molecule has 0 saturated heterocycles. The third kappa shape index (κ3) is 3.45. The van der Waals surface area contributed by atoms with Crippen LogP contribution in [-0.4, -0.2) is 17.5 Å². The monoisotopic (exact) mass is 307 g/mol. The standard InChI is InChI=1S/C18H17N3O2/c1-13-7-9-14(10-8-13)19-18(23)16-11-12-17(22)21(20-16)15-5-3-2-4-6-15/h2-10H,11-12H2,1H3,(H,19,23). The van der Waals surface area contributed by atoms with E-state index in [1.165, 1.54) is 5.01 Å². The van der Waals surface area contributed by atoms with Crippen LogP contribution in [0, 0.1) is 6.92 Å². The smallest absolute Gasteiger partial charge is 0.271 e. The number of benzene rings is 2. The molecule has 1 heterocycles. The number of hydrazone groups is 1. The van der Waals surface area contributed by atoms with Gasteiger partial charge in [0.05, 0.1) is 5.69 Å². The maximum Gasteiger partial charge on any atom is 0.271 e. The first-order valence-corrected chi connectivity index (χ1v) is 7.47. The van der Waals surface area contributed by atoms with Crippen molar-refractivity contribution in [3.8, 4) is 0 Å². The molecule has 1 aliphatic heterocycles. The lowest BCUT2D eigenvalue weighted by molar-refractivity contribution is -0.118. The van der Waals surface area contributed by atoms with Crippen LogP contribution in [0.15, 0.2) is 59.7 Å². The Hall–Kier alpha value is -2.95. The maximum absolute atomic E-state index is 12.4. The molecule has 2 aromatic carbocycles. The zero-order valence-electron chi connectivity index (χ0n) is 12.8. The second-order valence-electron chi connectivity index (χ2n) is 5.41. The third-order valence-corrected chi connectivity index (χ3v) is 3.60. The van der Waals surface area contributed by atoms with Crippen molar-refractivity contribution in [3.05, 3.63) is 60.2 Å². The van der Waals surface area contributed by atoms with Crippen LogP contribution in [0.1, 0.15) is 18.4 Å². The Kier molecular flexibility index (Phi) is 4.19. The van der Waals surface area contributed by atoms with Gasteiger partial charge in [0.25, 0.3) is 5.91 Å². The number of anilines is 2. The van der Waals surface area contributed by atoms with E-state index in [0.29, 0.717) is 23.5 Å². The minimum absolute atomic E-state index is 0.108. The molecule has 0 aliphatic carbocycles. The number of hydrogen-bond donors (Lipinski definition) is 1. The van der Waals surface area contributed by atoms with E-state index in [0.717, 1.165) is 5.56 Å². The van der Waals surface area contributed by atoms with Crippen molar-refractivity contribution >= 4 is 28.9 Å². The molecule has 0 radical (unpaired) electrons. The summed E-state index contributed by atoms with van der Waals surface area (Å²) in [7, 11) is 0. The van der Waals surface area contributed by atoms with E-state index in [2.05, 4.69) is 10.4 Å². The molecule has 5 heteroatoms. The molecule has 0 aromatic heterocycles. The Bertz CT molecular complexity index is 752. The normalized spacial score (nSPS) is 14.4. The average molecular weight is 307 g/mol. The van der Waals surface area contributed by atoms with Crippen molar-refractivity contribution in [1.82, 2.24) is 0 Å². The van der Waals surface area contributed by atoms with Gasteiger partial charge < -0.3 is 5.32 Å². The van der Waals surface area contributed by atoms with Crippen LogP contribution in [0.2, 0.25) is 0 Å². The average Bonchev–Trinajstić information content (AvgIpc) is 2.58. The molecule has 2 aromatic rings. The summed E-state index contributed by atoms with van der Waals surface area (Å²) in [5, 5.41) is 8.35. The van der Waals surface area contributed by atoms with Gasteiger partial charge in [-0.3, -0.25) is 9.59 Å². The SMILES string of the molecule is Cc1ccc(NC(=O)C2=NN(c3ccccc3)C(=O)CC2)cc1. The highest BCUT2D eigenvalue weighted by Crippen LogP contribution is 2.20. The van der Waals surface area contributed by atoms with Crippen LogP contribution in [0.5, 0.6) is 0 Å². The van der Waals surface area contributed by atoms with E-state index in [4.69, 9.17) is 0 Å². The number of carbonyl (C=O) groups is 2. The Labute approximate surface area is 134 Å². The fraction of sp³-hybridized carbons (Fsp3) is 0.167. The first kappa shape index (κ1) is 15.0. The Morgan fingerprint density at radius 1 is 1.04 bits per heavy atom. The van der Waals surface area contributed by atoms with Gasteiger partial charge in [0.1, 0.15) is 5.71 Å². The summed E-state index contributed by atoms with van der Waals surface area (Å²) in [6, 6.07) is 16.7. The van der Waals surface area contributed by atoms with E-state index in [9.17, 15) is 9.59 Å². The molecule has 5 nitrogen and oxygen atoms in total. The van der Waals surface area contributed by atoms with E-state index in [-0.39, 0.29) is 18.2 Å². The molecule has 116 valence electrons. The zero-order chi connectivity index (χ0) is 16.2. The van der Waals surface area contributed by atoms with Crippen LogP contribution >= 0.6 is 0 Å². The number of nitrogens with one attached hydrogen (secondary N) is 1. The number of amides is 2. The molecule has 0 saturated carbocycles. The number of hydrogen-bond acceptors (Lipinski definition) is 3. The number of para-hydroxylation sites is 1. The predicted molar refractivity (Wildman–Crippen MR) is 90.4 cm³/mol. The highest BCUT2D eigenvalue weighted by molar-refractivity contribution is 6.44. The molecule has 1 N–H and O–H groups in total. The molecule has 0 bridgehead atoms. The Morgan fingerprint density at radius 3 is 2.43 bits per heavy atom. The summed E-state index contributed by atoms with van der Waals surface area (Å²) in [4.78, 5) is 24.4. The molecule has 1 aliphatic rings. The minimum atomic E-state index is -0.276. The molecule has 3 rings (SSSR count). The summed E-state index contributed by atoms with van der Waals surface area (Å²) in [6.07, 6.45) is 0.620. The van der Waals surface area contributed by atoms with Crippen molar-refractivity contribution in [3.63, 3.8) is 0 Å². The third-order valence-electron chi connectivity index (χ3n) is 3.60. The lowest BCUT2D eigenvalue weighted by atomic mass is 10.1. The van der Waals surface area contributed by atoms with Crippen molar-refractivity contribution in [2.45, 2.75) is 19.8 Å². The van der Waals surface area contributed by atoms with Crippen LogP contribution in [0.4, 0.5) is 11.4 Å². The van der Waals surface area contributed by atoms with Crippen molar-refractivity contribution in [2.24, 2.45) is 5.10 Å². The van der Waals surface area contributed by atoms with Crippen LogP contribution in [0.25, 0.3) is 0 Å². The minimum Gasteiger partial charge on any atom is -0.321 e. The van der Waals surface area contributed by atoms with Gasteiger partial charge in [0.15, 0.2) is 0 Å². The van der Waals surface area contributed by atoms with Gasteiger partial charge in [0.2, 0.25) is 5.91 Å². The lowest BCUT2D eigenvalue weighted by Crippen LogP contribution is -2.36. The summed E-state index contributed by atoms with van der Waals surface area (Å²) < 4.78 is 0. The second-order valence-corrected chi connectivity index (χ2v) is 5.41. The lowest BCUT2D eigenvalue weighted by Gasteiger charge is -2.23. The van der Waals surface area contributed by atoms with Crippen LogP contribution in [-0.2, 0) is 9.59 Å². The fourth-order valence-electron chi connectivity index (χ4n) is 2.33. The largest absolute Gasteiger partial charge is 0.321 e. The summed E-state index contributed by atoms with van der Waals surface area (Å²) in [5.74, 6) is -0.384. The van der Waals surface area contributed by atoms with Crippen molar-refractivity contribution in [1.29, 1.82) is 0 Å². The van der Waals surface area contributed by atoms with Gasteiger partial charge >= 0.3 is 0 Å². The number of nitrogens with zero attached hydrogens (tertiary/aromatic N) is 2. The predicted octanol–water partition coefficient (Wildman–Crippen LogP) is 3.12. The van der Waals surface area contributed by atoms with Crippen molar-refractivity contribution < 1.29 is 9.59 Å². The topological polar surface area (TPSA) is 61.8 Å². The summed E-state index contributed by atoms with van der Waals surface area (Å²) in [5.41, 5.74) is 2.86. The second kappa shape index (κ2) is 6.44. The van der Waals surface area contributed by atoms with E-state index < -0.39 is 0 Å². The molecule has 0 spiro atoms. The molecule has 2 amide bonds. The first-order valence-electron chi connectivity index (χ1n) is 7.47. The Morgan fingerprint density at radius 2 is 1.74 bits per heavy atom. The molecule has 0 fully saturated rings. The molecule has 0 atom stereocenters. The summed E-state index contributed by atoms with van der Waals surface area (Å²) >= 11 is 0. The first-order chi connectivity index (χ1) is 11.1. The quantitative estimate of drug-likeness (QED) is 0.947. The van der Waals surface area contributed by atoms with E-state index in [1.54, 1.807) is 12.1 Å². The zero-order valence-corrected chi connectivity index (χ0v) is 12.8. The van der Waals surface area contributed by atoms with Gasteiger partial charge in [-0.1, -0.05) is 35.9 Å². The molecule has 23 heavy (non-hydrogen) atoms. The van der Waals surface area contributed by atoms with Gasteiger partial charge in [-0.15, -0.1) is 0 Å². The molecular weight excluding hydrogens is 290 g/mol. The van der Waals surface area contributed by atoms with E-state index >= 15 is 0 Å². The van der Waals surface area contributed by atoms with Crippen LogP contribution < -0.4 is 10.3 Å². The Balaban J connectivity index is 1.80. The number of rotatable bonds is 3. The number of carbonyl (C=O) groups excluding carboxylic acids is 2.